The van der Waals surface area contributed by atoms with Gasteiger partial charge in [0.25, 0.3) is 5.91 Å². The third-order valence-electron chi connectivity index (χ3n) is 4.79. The number of hydrogen-bond donors (Lipinski definition) is 0. The van der Waals surface area contributed by atoms with Crippen molar-refractivity contribution in [2.75, 3.05) is 32.9 Å². The first-order chi connectivity index (χ1) is 13.7. The Morgan fingerprint density at radius 2 is 1.82 bits per heavy atom. The second-order valence-electron chi connectivity index (χ2n) is 7.10. The van der Waals surface area contributed by atoms with Crippen molar-refractivity contribution in [3.8, 4) is 17.2 Å². The minimum Gasteiger partial charge on any atom is -0.490 e. The van der Waals surface area contributed by atoms with Crippen LogP contribution in [-0.4, -0.2) is 43.7 Å². The Morgan fingerprint density at radius 1 is 1.04 bits per heavy atom. The van der Waals surface area contributed by atoms with Crippen LogP contribution in [0.15, 0.2) is 48.5 Å². The molecule has 0 saturated carbocycles. The predicted molar refractivity (Wildman–Crippen MR) is 109 cm³/mol. The van der Waals surface area contributed by atoms with E-state index in [0.717, 1.165) is 25.3 Å². The molecule has 1 saturated heterocycles. The molecule has 5 heteroatoms. The fourth-order valence-electron chi connectivity index (χ4n) is 3.41. The number of carbonyl (C=O) groups excluding carboxylic acids is 1. The van der Waals surface area contributed by atoms with Crippen LogP contribution in [0.2, 0.25) is 0 Å². The molecule has 0 N–H and O–H groups in total. The molecular formula is C23H29NO4. The lowest BCUT2D eigenvalue weighted by molar-refractivity contribution is 0.0682. The number of carbonyl (C=O) groups is 1. The quantitative estimate of drug-likeness (QED) is 0.634. The van der Waals surface area contributed by atoms with Gasteiger partial charge in [-0.05, 0) is 56.0 Å². The van der Waals surface area contributed by atoms with Gasteiger partial charge in [0.1, 0.15) is 19.0 Å². The molecule has 0 spiro atoms. The molecule has 1 fully saturated rings. The second-order valence-corrected chi connectivity index (χ2v) is 7.10. The second kappa shape index (κ2) is 10.0. The van der Waals surface area contributed by atoms with Gasteiger partial charge >= 0.3 is 0 Å². The monoisotopic (exact) mass is 383 g/mol. The van der Waals surface area contributed by atoms with Crippen molar-refractivity contribution >= 4 is 5.91 Å². The topological polar surface area (TPSA) is 48.0 Å². The minimum atomic E-state index is 0.0615. The van der Waals surface area contributed by atoms with E-state index in [-0.39, 0.29) is 5.91 Å². The highest BCUT2D eigenvalue weighted by Crippen LogP contribution is 2.29. The van der Waals surface area contributed by atoms with E-state index in [1.165, 1.54) is 6.42 Å². The molecule has 2 aromatic rings. The van der Waals surface area contributed by atoms with Crippen molar-refractivity contribution in [3.63, 3.8) is 0 Å². The maximum absolute atomic E-state index is 12.8. The highest BCUT2D eigenvalue weighted by atomic mass is 16.5. The standard InChI is InChI=1S/C23H29NO4/c1-3-26-22-16-19(23(25)24-13-7-8-18(2)17-24)11-12-21(22)28-15-14-27-20-9-5-4-6-10-20/h4-6,9-12,16,18H,3,7-8,13-15,17H2,1-2H3. The zero-order chi connectivity index (χ0) is 19.8. The molecule has 3 rings (SSSR count). The zero-order valence-electron chi connectivity index (χ0n) is 16.7. The van der Waals surface area contributed by atoms with Crippen LogP contribution in [0.5, 0.6) is 17.2 Å². The maximum Gasteiger partial charge on any atom is 0.254 e. The summed E-state index contributed by atoms with van der Waals surface area (Å²) in [6, 6.07) is 15.1. The molecule has 28 heavy (non-hydrogen) atoms. The Morgan fingerprint density at radius 3 is 2.57 bits per heavy atom. The lowest BCUT2D eigenvalue weighted by Crippen LogP contribution is -2.39. The fraction of sp³-hybridized carbons (Fsp3) is 0.435. The van der Waals surface area contributed by atoms with Crippen molar-refractivity contribution in [1.29, 1.82) is 0 Å². The summed E-state index contributed by atoms with van der Waals surface area (Å²) in [6.07, 6.45) is 2.25. The first-order valence-electron chi connectivity index (χ1n) is 10.0. The molecule has 1 atom stereocenters. The van der Waals surface area contributed by atoms with Gasteiger partial charge in [-0.25, -0.2) is 0 Å². The van der Waals surface area contributed by atoms with Crippen LogP contribution in [-0.2, 0) is 0 Å². The third kappa shape index (κ3) is 5.41. The van der Waals surface area contributed by atoms with Crippen molar-refractivity contribution in [2.45, 2.75) is 26.7 Å². The van der Waals surface area contributed by atoms with Gasteiger partial charge in [0, 0.05) is 18.7 Å². The third-order valence-corrected chi connectivity index (χ3v) is 4.79. The van der Waals surface area contributed by atoms with Crippen molar-refractivity contribution in [2.24, 2.45) is 5.92 Å². The smallest absolute Gasteiger partial charge is 0.254 e. The normalized spacial score (nSPS) is 16.5. The van der Waals surface area contributed by atoms with Gasteiger partial charge in [0.05, 0.1) is 6.61 Å². The van der Waals surface area contributed by atoms with E-state index >= 15 is 0 Å². The average Bonchev–Trinajstić information content (AvgIpc) is 2.72. The largest absolute Gasteiger partial charge is 0.490 e. The van der Waals surface area contributed by atoms with E-state index < -0.39 is 0 Å². The highest BCUT2D eigenvalue weighted by molar-refractivity contribution is 5.95. The molecule has 0 aliphatic carbocycles. The number of rotatable bonds is 8. The number of nitrogens with zero attached hydrogens (tertiary/aromatic N) is 1. The minimum absolute atomic E-state index is 0.0615. The molecule has 1 aliphatic heterocycles. The Kier molecular flexibility index (Phi) is 7.18. The summed E-state index contributed by atoms with van der Waals surface area (Å²) in [6.45, 7) is 7.09. The van der Waals surface area contributed by atoms with Crippen molar-refractivity contribution in [3.05, 3.63) is 54.1 Å². The molecule has 1 aliphatic rings. The van der Waals surface area contributed by atoms with Gasteiger partial charge in [-0.2, -0.15) is 0 Å². The molecule has 1 unspecified atom stereocenters. The Hall–Kier alpha value is -2.69. The van der Waals surface area contributed by atoms with Crippen LogP contribution < -0.4 is 14.2 Å². The van der Waals surface area contributed by atoms with E-state index in [2.05, 4.69) is 6.92 Å². The van der Waals surface area contributed by atoms with Gasteiger partial charge in [-0.1, -0.05) is 25.1 Å². The van der Waals surface area contributed by atoms with Gasteiger partial charge in [0.2, 0.25) is 0 Å². The molecule has 1 heterocycles. The number of piperidine rings is 1. The predicted octanol–water partition coefficient (Wildman–Crippen LogP) is 4.42. The zero-order valence-corrected chi connectivity index (χ0v) is 16.7. The summed E-state index contributed by atoms with van der Waals surface area (Å²) in [7, 11) is 0. The van der Waals surface area contributed by atoms with Gasteiger partial charge in [-0.3, -0.25) is 4.79 Å². The number of hydrogen-bond acceptors (Lipinski definition) is 4. The van der Waals surface area contributed by atoms with E-state index in [1.807, 2.05) is 54.3 Å². The van der Waals surface area contributed by atoms with Gasteiger partial charge in [-0.15, -0.1) is 0 Å². The fourth-order valence-corrected chi connectivity index (χ4v) is 3.41. The number of benzene rings is 2. The average molecular weight is 383 g/mol. The van der Waals surface area contributed by atoms with E-state index in [1.54, 1.807) is 6.07 Å². The number of likely N-dealkylation sites (tertiary alicyclic amines) is 1. The summed E-state index contributed by atoms with van der Waals surface area (Å²) in [5, 5.41) is 0. The maximum atomic E-state index is 12.8. The summed E-state index contributed by atoms with van der Waals surface area (Å²) in [5.41, 5.74) is 0.644. The van der Waals surface area contributed by atoms with Crippen LogP contribution in [0.4, 0.5) is 0 Å². The lowest BCUT2D eigenvalue weighted by Gasteiger charge is -2.31. The summed E-state index contributed by atoms with van der Waals surface area (Å²) in [4.78, 5) is 14.8. The number of amides is 1. The summed E-state index contributed by atoms with van der Waals surface area (Å²) in [5.74, 6) is 2.65. The molecule has 0 aromatic heterocycles. The van der Waals surface area contributed by atoms with E-state index in [4.69, 9.17) is 14.2 Å². The molecular weight excluding hydrogens is 354 g/mol. The van der Waals surface area contributed by atoms with Gasteiger partial charge < -0.3 is 19.1 Å². The SMILES string of the molecule is CCOc1cc(C(=O)N2CCCC(C)C2)ccc1OCCOc1ccccc1. The number of para-hydroxylation sites is 1. The van der Waals surface area contributed by atoms with Crippen LogP contribution >= 0.6 is 0 Å². The van der Waals surface area contributed by atoms with Crippen LogP contribution in [0, 0.1) is 5.92 Å². The van der Waals surface area contributed by atoms with Crippen LogP contribution in [0.1, 0.15) is 37.0 Å². The van der Waals surface area contributed by atoms with Crippen molar-refractivity contribution in [1.82, 2.24) is 4.90 Å². The Labute approximate surface area is 167 Å². The van der Waals surface area contributed by atoms with Gasteiger partial charge in [0.15, 0.2) is 11.5 Å². The molecule has 0 radical (unpaired) electrons. The Balaban J connectivity index is 1.61. The Bertz CT molecular complexity index is 762. The first kappa shape index (κ1) is 20.1. The first-order valence-corrected chi connectivity index (χ1v) is 10.0. The molecule has 5 nitrogen and oxygen atoms in total. The molecule has 0 bridgehead atoms. The lowest BCUT2D eigenvalue weighted by atomic mass is 9.99. The summed E-state index contributed by atoms with van der Waals surface area (Å²) >= 11 is 0. The van der Waals surface area contributed by atoms with E-state index in [9.17, 15) is 4.79 Å². The van der Waals surface area contributed by atoms with Crippen LogP contribution in [0.25, 0.3) is 0 Å². The van der Waals surface area contributed by atoms with Crippen LogP contribution in [0.3, 0.4) is 0 Å². The number of ether oxygens (including phenoxy) is 3. The molecule has 2 aromatic carbocycles. The summed E-state index contributed by atoms with van der Waals surface area (Å²) < 4.78 is 17.2. The molecule has 1 amide bonds. The highest BCUT2D eigenvalue weighted by Gasteiger charge is 2.23. The van der Waals surface area contributed by atoms with E-state index in [0.29, 0.717) is 42.8 Å². The molecule has 150 valence electrons. The van der Waals surface area contributed by atoms with Crippen molar-refractivity contribution < 1.29 is 19.0 Å².